The van der Waals surface area contributed by atoms with Crippen LogP contribution in [0.3, 0.4) is 0 Å². The normalized spacial score (nSPS) is 18.6. The number of rotatable bonds is 0. The number of phenols is 1. The Kier molecular flexibility index (Phi) is 1.77. The topological polar surface area (TPSA) is 46.5 Å². The molecule has 0 saturated carbocycles. The highest BCUT2D eigenvalue weighted by Crippen LogP contribution is 2.35. The first-order valence-electron chi connectivity index (χ1n) is 4.51. The first-order chi connectivity index (χ1) is 6.50. The van der Waals surface area contributed by atoms with Gasteiger partial charge in [0.2, 0.25) is 0 Å². The van der Waals surface area contributed by atoms with Crippen molar-refractivity contribution in [2.75, 3.05) is 6.61 Å². The van der Waals surface area contributed by atoms with Crippen molar-refractivity contribution < 1.29 is 14.6 Å². The van der Waals surface area contributed by atoms with E-state index in [-0.39, 0.29) is 11.5 Å². The molecule has 0 bridgehead atoms. The molecule has 2 rings (SSSR count). The van der Waals surface area contributed by atoms with Crippen LogP contribution >= 0.6 is 0 Å². The molecular weight excluding hydrogens is 180 g/mol. The Morgan fingerprint density at radius 1 is 1.43 bits per heavy atom. The molecule has 1 N–H and O–H groups in total. The van der Waals surface area contributed by atoms with E-state index in [1.165, 1.54) is 12.1 Å². The third-order valence-corrected chi connectivity index (χ3v) is 2.41. The van der Waals surface area contributed by atoms with Crippen molar-refractivity contribution in [1.29, 1.82) is 0 Å². The number of carbonyl (C=O) groups excluding carboxylic acids is 1. The molecule has 0 aromatic heterocycles. The Bertz CT molecular complexity index is 394. The van der Waals surface area contributed by atoms with Gasteiger partial charge in [-0.2, -0.15) is 0 Å². The van der Waals surface area contributed by atoms with Gasteiger partial charge in [0.05, 0.1) is 11.0 Å². The van der Waals surface area contributed by atoms with Gasteiger partial charge in [-0.25, -0.2) is 0 Å². The molecule has 0 spiro atoms. The number of Topliss-reactive ketones (excluding diaryl/α,β-unsaturated/α-hetero) is 1. The lowest BCUT2D eigenvalue weighted by Gasteiger charge is -2.29. The molecule has 0 atom stereocenters. The second-order valence-corrected chi connectivity index (χ2v) is 4.18. The molecular formula is C11H12O3. The van der Waals surface area contributed by atoms with Gasteiger partial charge in [-0.3, -0.25) is 4.79 Å². The third-order valence-electron chi connectivity index (χ3n) is 2.41. The molecule has 3 heteroatoms. The van der Waals surface area contributed by atoms with Gasteiger partial charge in [-0.05, 0) is 32.0 Å². The monoisotopic (exact) mass is 192 g/mol. The minimum absolute atomic E-state index is 0.0228. The predicted octanol–water partition coefficient (Wildman–Crippen LogP) is 1.99. The molecule has 3 nitrogen and oxygen atoms in total. The van der Waals surface area contributed by atoms with Crippen LogP contribution in [0, 0.1) is 5.41 Å². The van der Waals surface area contributed by atoms with Crippen LogP contribution in [-0.2, 0) is 0 Å². The maximum Gasteiger partial charge on any atom is 0.175 e. The highest BCUT2D eigenvalue weighted by atomic mass is 16.5. The number of ether oxygens (including phenoxy) is 1. The van der Waals surface area contributed by atoms with Crippen molar-refractivity contribution in [1.82, 2.24) is 0 Å². The summed E-state index contributed by atoms with van der Waals surface area (Å²) >= 11 is 0. The van der Waals surface area contributed by atoms with E-state index in [0.29, 0.717) is 17.9 Å². The predicted molar refractivity (Wildman–Crippen MR) is 51.7 cm³/mol. The average Bonchev–Trinajstić information content (AvgIpc) is 2.13. The van der Waals surface area contributed by atoms with Crippen molar-refractivity contribution in [3.63, 3.8) is 0 Å². The third kappa shape index (κ3) is 1.25. The molecule has 1 aromatic rings. The minimum atomic E-state index is -0.499. The largest absolute Gasteiger partial charge is 0.508 e. The van der Waals surface area contributed by atoms with Crippen LogP contribution in [0.25, 0.3) is 0 Å². The summed E-state index contributed by atoms with van der Waals surface area (Å²) in [6.45, 7) is 4.06. The van der Waals surface area contributed by atoms with E-state index in [9.17, 15) is 9.90 Å². The molecule has 1 aliphatic heterocycles. The fourth-order valence-corrected chi connectivity index (χ4v) is 1.51. The summed E-state index contributed by atoms with van der Waals surface area (Å²) in [6.07, 6.45) is 0. The van der Waals surface area contributed by atoms with Gasteiger partial charge in [0, 0.05) is 0 Å². The molecule has 1 aliphatic rings. The number of hydrogen-bond donors (Lipinski definition) is 1. The summed E-state index contributed by atoms with van der Waals surface area (Å²) in [5.74, 6) is 0.681. The number of phenolic OH excluding ortho intramolecular Hbond substituents is 1. The fraction of sp³-hybridized carbons (Fsp3) is 0.364. The quantitative estimate of drug-likeness (QED) is 0.683. The van der Waals surface area contributed by atoms with Crippen LogP contribution in [0.15, 0.2) is 18.2 Å². The Labute approximate surface area is 82.3 Å². The van der Waals surface area contributed by atoms with Crippen molar-refractivity contribution >= 4 is 5.78 Å². The molecule has 1 heterocycles. The highest BCUT2D eigenvalue weighted by molar-refractivity contribution is 6.03. The summed E-state index contributed by atoms with van der Waals surface area (Å²) in [7, 11) is 0. The molecule has 1 aromatic carbocycles. The maximum absolute atomic E-state index is 11.9. The smallest absolute Gasteiger partial charge is 0.175 e. The van der Waals surface area contributed by atoms with Crippen molar-refractivity contribution in [2.45, 2.75) is 13.8 Å². The van der Waals surface area contributed by atoms with Crippen LogP contribution in [0.5, 0.6) is 11.5 Å². The van der Waals surface area contributed by atoms with Gasteiger partial charge in [0.25, 0.3) is 0 Å². The number of benzene rings is 1. The zero-order chi connectivity index (χ0) is 10.3. The fourth-order valence-electron chi connectivity index (χ4n) is 1.51. The number of fused-ring (bicyclic) bond motifs is 1. The zero-order valence-corrected chi connectivity index (χ0v) is 8.20. The maximum atomic E-state index is 11.9. The van der Waals surface area contributed by atoms with E-state index < -0.39 is 5.41 Å². The second kappa shape index (κ2) is 2.74. The van der Waals surface area contributed by atoms with E-state index in [2.05, 4.69) is 0 Å². The first kappa shape index (κ1) is 9.06. The van der Waals surface area contributed by atoms with E-state index in [4.69, 9.17) is 4.74 Å². The lowest BCUT2D eigenvalue weighted by Crippen LogP contribution is -2.35. The molecule has 0 unspecified atom stereocenters. The van der Waals surface area contributed by atoms with Crippen molar-refractivity contribution in [3.8, 4) is 11.5 Å². The highest BCUT2D eigenvalue weighted by Gasteiger charge is 2.35. The molecule has 74 valence electrons. The van der Waals surface area contributed by atoms with Crippen LogP contribution < -0.4 is 4.74 Å². The first-order valence-corrected chi connectivity index (χ1v) is 4.51. The summed E-state index contributed by atoms with van der Waals surface area (Å²) in [6, 6.07) is 4.60. The summed E-state index contributed by atoms with van der Waals surface area (Å²) < 4.78 is 5.43. The Morgan fingerprint density at radius 2 is 2.14 bits per heavy atom. The van der Waals surface area contributed by atoms with Crippen LogP contribution in [0.2, 0.25) is 0 Å². The van der Waals surface area contributed by atoms with Gasteiger partial charge >= 0.3 is 0 Å². The SMILES string of the molecule is CC1(C)COc2ccc(O)cc2C1=O. The van der Waals surface area contributed by atoms with Crippen LogP contribution in [0.4, 0.5) is 0 Å². The van der Waals surface area contributed by atoms with Gasteiger partial charge < -0.3 is 9.84 Å². The number of hydrogen-bond acceptors (Lipinski definition) is 3. The lowest BCUT2D eigenvalue weighted by atomic mass is 9.83. The van der Waals surface area contributed by atoms with Gasteiger partial charge in [0.15, 0.2) is 5.78 Å². The lowest BCUT2D eigenvalue weighted by molar-refractivity contribution is 0.0691. The number of aromatic hydroxyl groups is 1. The Hall–Kier alpha value is -1.51. The van der Waals surface area contributed by atoms with E-state index in [0.717, 1.165) is 0 Å². The van der Waals surface area contributed by atoms with E-state index >= 15 is 0 Å². The average molecular weight is 192 g/mol. The Balaban J connectivity index is 2.54. The van der Waals surface area contributed by atoms with Crippen molar-refractivity contribution in [2.24, 2.45) is 5.41 Å². The molecule has 0 radical (unpaired) electrons. The molecule has 0 saturated heterocycles. The van der Waals surface area contributed by atoms with Crippen LogP contribution in [-0.4, -0.2) is 17.5 Å². The summed E-state index contributed by atoms with van der Waals surface area (Å²) in [5, 5.41) is 9.27. The molecule has 14 heavy (non-hydrogen) atoms. The summed E-state index contributed by atoms with van der Waals surface area (Å²) in [5.41, 5.74) is -0.0258. The second-order valence-electron chi connectivity index (χ2n) is 4.18. The number of ketones is 1. The van der Waals surface area contributed by atoms with Gasteiger partial charge in [0.1, 0.15) is 18.1 Å². The van der Waals surface area contributed by atoms with E-state index in [1.54, 1.807) is 6.07 Å². The molecule has 0 fully saturated rings. The van der Waals surface area contributed by atoms with Gasteiger partial charge in [-0.1, -0.05) is 0 Å². The molecule has 0 aliphatic carbocycles. The van der Waals surface area contributed by atoms with E-state index in [1.807, 2.05) is 13.8 Å². The van der Waals surface area contributed by atoms with Crippen molar-refractivity contribution in [3.05, 3.63) is 23.8 Å². The number of carbonyl (C=O) groups is 1. The van der Waals surface area contributed by atoms with Crippen LogP contribution in [0.1, 0.15) is 24.2 Å². The Morgan fingerprint density at radius 3 is 2.86 bits per heavy atom. The standard InChI is InChI=1S/C11H12O3/c1-11(2)6-14-9-4-3-7(12)5-8(9)10(11)13/h3-5,12H,6H2,1-2H3. The molecule has 0 amide bonds. The van der Waals surface area contributed by atoms with Gasteiger partial charge in [-0.15, -0.1) is 0 Å². The minimum Gasteiger partial charge on any atom is -0.508 e. The zero-order valence-electron chi connectivity index (χ0n) is 8.20. The summed E-state index contributed by atoms with van der Waals surface area (Å²) in [4.78, 5) is 11.9.